The molecule has 0 saturated carbocycles. The summed E-state index contributed by atoms with van der Waals surface area (Å²) in [7, 11) is 0. The topological polar surface area (TPSA) is 110 Å². The Labute approximate surface area is 110 Å². The van der Waals surface area contributed by atoms with E-state index in [1.165, 1.54) is 4.90 Å². The van der Waals surface area contributed by atoms with E-state index in [1.54, 1.807) is 6.92 Å². The Hall–Kier alpha value is -1.63. The standard InChI is InChI=1S/C12H18N2O5/c1-2-19-12(18)9(13)10(15)14-6-3-4-8(14)7(5-6)11(16)17/h6-9H,2-5,13H2,1H3,(H,16,17). The van der Waals surface area contributed by atoms with E-state index in [9.17, 15) is 14.4 Å². The van der Waals surface area contributed by atoms with Crippen LogP contribution in [0, 0.1) is 5.92 Å². The van der Waals surface area contributed by atoms with Crippen molar-refractivity contribution in [2.75, 3.05) is 6.61 Å². The Morgan fingerprint density at radius 2 is 2.11 bits per heavy atom. The van der Waals surface area contributed by atoms with Crippen LogP contribution >= 0.6 is 0 Å². The zero-order valence-electron chi connectivity index (χ0n) is 10.7. The molecule has 0 aliphatic carbocycles. The van der Waals surface area contributed by atoms with Crippen molar-refractivity contribution in [3.05, 3.63) is 0 Å². The number of rotatable bonds is 4. The van der Waals surface area contributed by atoms with Crippen molar-refractivity contribution in [1.29, 1.82) is 0 Å². The van der Waals surface area contributed by atoms with Gasteiger partial charge in [0.15, 0.2) is 6.04 Å². The molecule has 4 atom stereocenters. The SMILES string of the molecule is CCOC(=O)C(N)C(=O)N1C2CCC1C(C(=O)O)C2. The normalized spacial score (nSPS) is 30.2. The Morgan fingerprint density at radius 3 is 2.63 bits per heavy atom. The van der Waals surface area contributed by atoms with Crippen molar-refractivity contribution in [3.63, 3.8) is 0 Å². The molecular formula is C12H18N2O5. The number of aliphatic carboxylic acids is 1. The molecule has 7 heteroatoms. The minimum absolute atomic E-state index is 0.112. The van der Waals surface area contributed by atoms with Crippen LogP contribution < -0.4 is 5.73 Å². The fourth-order valence-electron chi connectivity index (χ4n) is 3.09. The molecule has 2 heterocycles. The third-order valence-electron chi connectivity index (χ3n) is 3.92. The largest absolute Gasteiger partial charge is 0.481 e. The van der Waals surface area contributed by atoms with Crippen LogP contribution in [0.1, 0.15) is 26.2 Å². The lowest BCUT2D eigenvalue weighted by Crippen LogP contribution is -2.51. The van der Waals surface area contributed by atoms with Crippen LogP contribution in [0.3, 0.4) is 0 Å². The molecule has 0 spiro atoms. The maximum atomic E-state index is 12.2. The Bertz CT molecular complexity index is 411. The number of amides is 1. The van der Waals surface area contributed by atoms with Crippen LogP contribution in [0.25, 0.3) is 0 Å². The van der Waals surface area contributed by atoms with Gasteiger partial charge in [0.05, 0.1) is 12.5 Å². The summed E-state index contributed by atoms with van der Waals surface area (Å²) in [6.07, 6.45) is 1.87. The first-order chi connectivity index (χ1) is 8.97. The molecule has 0 aromatic rings. The smallest absolute Gasteiger partial charge is 0.332 e. The molecule has 2 rings (SSSR count). The second-order valence-corrected chi connectivity index (χ2v) is 4.95. The first-order valence-electron chi connectivity index (χ1n) is 6.44. The number of carboxylic acid groups (broad SMARTS) is 1. The van der Waals surface area contributed by atoms with Gasteiger partial charge in [0.25, 0.3) is 5.91 Å². The van der Waals surface area contributed by atoms with Gasteiger partial charge in [-0.15, -0.1) is 0 Å². The lowest BCUT2D eigenvalue weighted by atomic mass is 9.89. The van der Waals surface area contributed by atoms with Gasteiger partial charge in [-0.25, -0.2) is 4.79 Å². The minimum Gasteiger partial charge on any atom is -0.481 e. The Morgan fingerprint density at radius 1 is 1.42 bits per heavy atom. The summed E-state index contributed by atoms with van der Waals surface area (Å²) in [6, 6.07) is -1.80. The zero-order valence-corrected chi connectivity index (χ0v) is 10.7. The average Bonchev–Trinajstić information content (AvgIpc) is 2.94. The molecule has 0 aromatic carbocycles. The van der Waals surface area contributed by atoms with Gasteiger partial charge in [-0.1, -0.05) is 0 Å². The van der Waals surface area contributed by atoms with Gasteiger partial charge in [0.1, 0.15) is 0 Å². The molecule has 2 aliphatic heterocycles. The number of hydrogen-bond donors (Lipinski definition) is 2. The molecule has 4 unspecified atom stereocenters. The van der Waals surface area contributed by atoms with E-state index in [-0.39, 0.29) is 18.7 Å². The first-order valence-corrected chi connectivity index (χ1v) is 6.44. The third-order valence-corrected chi connectivity index (χ3v) is 3.92. The summed E-state index contributed by atoms with van der Waals surface area (Å²) in [5, 5.41) is 9.11. The molecule has 2 saturated heterocycles. The Kier molecular flexibility index (Phi) is 3.75. The molecule has 3 N–H and O–H groups in total. The number of esters is 1. The van der Waals surface area contributed by atoms with Gasteiger partial charge < -0.3 is 20.5 Å². The van der Waals surface area contributed by atoms with Crippen molar-refractivity contribution >= 4 is 17.8 Å². The highest BCUT2D eigenvalue weighted by molar-refractivity contribution is 6.02. The molecule has 106 valence electrons. The highest BCUT2D eigenvalue weighted by atomic mass is 16.5. The summed E-state index contributed by atoms with van der Waals surface area (Å²) in [5.41, 5.74) is 5.59. The summed E-state index contributed by atoms with van der Waals surface area (Å²) >= 11 is 0. The van der Waals surface area contributed by atoms with E-state index >= 15 is 0 Å². The van der Waals surface area contributed by atoms with E-state index < -0.39 is 29.8 Å². The molecule has 19 heavy (non-hydrogen) atoms. The Balaban J connectivity index is 2.08. The van der Waals surface area contributed by atoms with Crippen molar-refractivity contribution in [3.8, 4) is 0 Å². The number of nitrogens with two attached hydrogens (primary N) is 1. The highest BCUT2D eigenvalue weighted by Gasteiger charge is 2.52. The van der Waals surface area contributed by atoms with Gasteiger partial charge in [-0.05, 0) is 26.2 Å². The van der Waals surface area contributed by atoms with Crippen LogP contribution in [-0.4, -0.2) is 52.6 Å². The summed E-state index contributed by atoms with van der Waals surface area (Å²) in [4.78, 5) is 36.3. The van der Waals surface area contributed by atoms with Gasteiger partial charge >= 0.3 is 11.9 Å². The van der Waals surface area contributed by atoms with E-state index in [0.29, 0.717) is 12.8 Å². The van der Waals surface area contributed by atoms with Crippen LogP contribution in [0.5, 0.6) is 0 Å². The second-order valence-electron chi connectivity index (χ2n) is 4.95. The number of hydrogen-bond acceptors (Lipinski definition) is 5. The molecule has 2 fully saturated rings. The quantitative estimate of drug-likeness (QED) is 0.518. The molecule has 2 aliphatic rings. The lowest BCUT2D eigenvalue weighted by Gasteiger charge is -2.25. The van der Waals surface area contributed by atoms with Gasteiger partial charge in [-0.3, -0.25) is 9.59 Å². The zero-order chi connectivity index (χ0) is 14.2. The maximum Gasteiger partial charge on any atom is 0.332 e. The molecular weight excluding hydrogens is 252 g/mol. The van der Waals surface area contributed by atoms with Crippen molar-refractivity contribution < 1.29 is 24.2 Å². The van der Waals surface area contributed by atoms with E-state index in [4.69, 9.17) is 15.6 Å². The predicted molar refractivity (Wildman–Crippen MR) is 64.0 cm³/mol. The summed E-state index contributed by atoms with van der Waals surface area (Å²) < 4.78 is 4.72. The highest BCUT2D eigenvalue weighted by Crippen LogP contribution is 2.42. The van der Waals surface area contributed by atoms with Gasteiger partial charge in [0, 0.05) is 12.1 Å². The average molecular weight is 270 g/mol. The number of carboxylic acids is 1. The van der Waals surface area contributed by atoms with Crippen LogP contribution in [0.15, 0.2) is 0 Å². The first kappa shape index (κ1) is 13.8. The fraction of sp³-hybridized carbons (Fsp3) is 0.750. The summed E-state index contributed by atoms with van der Waals surface area (Å²) in [5.74, 6) is -2.72. The van der Waals surface area contributed by atoms with E-state index in [2.05, 4.69) is 0 Å². The van der Waals surface area contributed by atoms with Gasteiger partial charge in [0.2, 0.25) is 0 Å². The number of carbonyl (C=O) groups is 3. The second kappa shape index (κ2) is 5.16. The molecule has 2 bridgehead atoms. The van der Waals surface area contributed by atoms with E-state index in [0.717, 1.165) is 6.42 Å². The monoisotopic (exact) mass is 270 g/mol. The van der Waals surface area contributed by atoms with Crippen LogP contribution in [-0.2, 0) is 19.1 Å². The number of nitrogens with zero attached hydrogens (tertiary/aromatic N) is 1. The predicted octanol–water partition coefficient (Wildman–Crippen LogP) is -0.659. The lowest BCUT2D eigenvalue weighted by molar-refractivity contribution is -0.151. The van der Waals surface area contributed by atoms with Crippen molar-refractivity contribution in [2.24, 2.45) is 11.7 Å². The van der Waals surface area contributed by atoms with E-state index in [1.807, 2.05) is 0 Å². The molecule has 0 radical (unpaired) electrons. The molecule has 7 nitrogen and oxygen atoms in total. The minimum atomic E-state index is -1.35. The summed E-state index contributed by atoms with van der Waals surface area (Å²) in [6.45, 7) is 1.79. The number of carbonyl (C=O) groups excluding carboxylic acids is 2. The fourth-order valence-corrected chi connectivity index (χ4v) is 3.09. The maximum absolute atomic E-state index is 12.2. The van der Waals surface area contributed by atoms with Crippen molar-refractivity contribution in [1.82, 2.24) is 4.90 Å². The van der Waals surface area contributed by atoms with Crippen molar-refractivity contribution in [2.45, 2.75) is 44.3 Å². The van der Waals surface area contributed by atoms with Crippen LogP contribution in [0.4, 0.5) is 0 Å². The number of ether oxygens (including phenoxy) is 1. The third kappa shape index (κ3) is 2.30. The van der Waals surface area contributed by atoms with Gasteiger partial charge in [-0.2, -0.15) is 0 Å². The molecule has 1 amide bonds. The number of fused-ring (bicyclic) bond motifs is 2. The van der Waals surface area contributed by atoms with Crippen LogP contribution in [0.2, 0.25) is 0 Å². The molecule has 0 aromatic heterocycles.